The molecule has 1 heterocycles. The lowest BCUT2D eigenvalue weighted by atomic mass is 10.1. The molecule has 142 valence electrons. The highest BCUT2D eigenvalue weighted by Gasteiger charge is 2.30. The lowest BCUT2D eigenvalue weighted by Crippen LogP contribution is -2.39. The summed E-state index contributed by atoms with van der Waals surface area (Å²) in [5.74, 6) is 0.705. The lowest BCUT2D eigenvalue weighted by molar-refractivity contribution is -0.118. The van der Waals surface area contributed by atoms with Crippen molar-refractivity contribution in [2.75, 3.05) is 27.8 Å². The molecule has 1 aliphatic rings. The Kier molecular flexibility index (Phi) is 5.91. The van der Waals surface area contributed by atoms with Crippen molar-refractivity contribution in [1.29, 1.82) is 0 Å². The largest absolute Gasteiger partial charge is 0.493 e. The van der Waals surface area contributed by atoms with E-state index in [9.17, 15) is 13.2 Å². The fraction of sp³-hybridized carbons (Fsp3) is 0.412. The zero-order chi connectivity index (χ0) is 19.5. The maximum absolute atomic E-state index is 12.4. The molecule has 0 fully saturated rings. The number of rotatable bonds is 6. The molecule has 8 nitrogen and oxygen atoms in total. The van der Waals surface area contributed by atoms with E-state index in [1.54, 1.807) is 18.2 Å². The van der Waals surface area contributed by atoms with E-state index in [2.05, 4.69) is 9.71 Å². The zero-order valence-electron chi connectivity index (χ0n) is 15.4. The first-order valence-corrected chi connectivity index (χ1v) is 9.40. The number of hydrogen-bond acceptors (Lipinski definition) is 5. The van der Waals surface area contributed by atoms with Crippen molar-refractivity contribution < 1.29 is 22.7 Å². The lowest BCUT2D eigenvalue weighted by Gasteiger charge is -2.24. The first kappa shape index (κ1) is 19.8. The predicted molar refractivity (Wildman–Crippen MR) is 98.7 cm³/mol. The summed E-state index contributed by atoms with van der Waals surface area (Å²) in [6, 6.07) is 4.91. The smallest absolute Gasteiger partial charge is 0.345 e. The van der Waals surface area contributed by atoms with Crippen LogP contribution < -0.4 is 14.8 Å². The number of likely N-dealkylation sites (N-methyl/N-ethyl adjacent to an activating group) is 1. The van der Waals surface area contributed by atoms with Crippen LogP contribution in [-0.2, 0) is 15.0 Å². The van der Waals surface area contributed by atoms with Crippen molar-refractivity contribution in [1.82, 2.24) is 9.62 Å². The summed E-state index contributed by atoms with van der Waals surface area (Å²) >= 11 is 0. The van der Waals surface area contributed by atoms with Crippen LogP contribution in [0.4, 0.5) is 0 Å². The Morgan fingerprint density at radius 1 is 1.23 bits per heavy atom. The summed E-state index contributed by atoms with van der Waals surface area (Å²) in [5.41, 5.74) is 0.651. The van der Waals surface area contributed by atoms with Crippen molar-refractivity contribution in [2.45, 2.75) is 13.8 Å². The number of allylic oxidation sites excluding steroid dienone is 1. The van der Waals surface area contributed by atoms with E-state index in [0.717, 1.165) is 4.31 Å². The fourth-order valence-electron chi connectivity index (χ4n) is 2.28. The van der Waals surface area contributed by atoms with Crippen LogP contribution in [0.5, 0.6) is 11.5 Å². The summed E-state index contributed by atoms with van der Waals surface area (Å²) < 4.78 is 39.8. The van der Waals surface area contributed by atoms with Crippen LogP contribution in [-0.4, -0.2) is 52.2 Å². The third-order valence-electron chi connectivity index (χ3n) is 3.76. The third-order valence-corrected chi connectivity index (χ3v) is 5.07. The third kappa shape index (κ3) is 4.16. The molecule has 0 aliphatic carbocycles. The Morgan fingerprint density at radius 3 is 2.46 bits per heavy atom. The molecule has 0 aromatic heterocycles. The van der Waals surface area contributed by atoms with E-state index in [-0.39, 0.29) is 17.3 Å². The highest BCUT2D eigenvalue weighted by atomic mass is 32.2. The minimum atomic E-state index is -4.01. The number of amides is 1. The summed E-state index contributed by atoms with van der Waals surface area (Å²) in [4.78, 5) is 12.4. The van der Waals surface area contributed by atoms with Gasteiger partial charge in [0.25, 0.3) is 5.91 Å². The molecule has 1 aliphatic heterocycles. The van der Waals surface area contributed by atoms with Crippen molar-refractivity contribution >= 4 is 21.8 Å². The number of ether oxygens (including phenoxy) is 2. The minimum Gasteiger partial charge on any atom is -0.493 e. The molecule has 0 saturated heterocycles. The number of nitrogens with zero attached hydrogens (tertiary/aromatic N) is 2. The number of carbonyl (C=O) groups is 1. The monoisotopic (exact) mass is 381 g/mol. The maximum Gasteiger partial charge on any atom is 0.345 e. The molecular weight excluding hydrogens is 358 g/mol. The average molecular weight is 381 g/mol. The molecule has 0 unspecified atom stereocenters. The number of methoxy groups -OCH3 is 2. The summed E-state index contributed by atoms with van der Waals surface area (Å²) in [7, 11) is 0.278. The zero-order valence-corrected chi connectivity index (χ0v) is 16.3. The molecule has 0 atom stereocenters. The Balaban J connectivity index is 2.46. The molecule has 0 saturated carbocycles. The van der Waals surface area contributed by atoms with Gasteiger partial charge >= 0.3 is 10.2 Å². The summed E-state index contributed by atoms with van der Waals surface area (Å²) in [5, 5.41) is 2.72. The first-order valence-electron chi connectivity index (χ1n) is 8.00. The second-order valence-electron chi connectivity index (χ2n) is 6.13. The number of carbonyl (C=O) groups excluding carboxylic acids is 1. The van der Waals surface area contributed by atoms with Crippen molar-refractivity contribution in [3.8, 4) is 11.5 Å². The molecule has 2 rings (SSSR count). The van der Waals surface area contributed by atoms with Gasteiger partial charge < -0.3 is 14.8 Å². The second-order valence-corrected chi connectivity index (χ2v) is 7.75. The van der Waals surface area contributed by atoms with Crippen LogP contribution >= 0.6 is 0 Å². The molecule has 1 aromatic carbocycles. The number of nitrogens with one attached hydrogen (secondary N) is 1. The van der Waals surface area contributed by atoms with Gasteiger partial charge in [0.1, 0.15) is 5.70 Å². The van der Waals surface area contributed by atoms with Crippen LogP contribution in [0, 0.1) is 5.92 Å². The molecular formula is C17H23N3O5S. The van der Waals surface area contributed by atoms with Crippen molar-refractivity contribution in [2.24, 2.45) is 10.3 Å². The standard InChI is InChI=1S/C17H23N3O5S/c1-11(2)10-18-17(21)14-9-13(19-26(22,23)20(14)3)12-6-7-15(24-4)16(8-12)25-5/h6-9,11H,10H2,1-5H3,(H,18,21). The highest BCUT2D eigenvalue weighted by Crippen LogP contribution is 2.29. The quantitative estimate of drug-likeness (QED) is 0.802. The van der Waals surface area contributed by atoms with Crippen LogP contribution in [0.2, 0.25) is 0 Å². The molecule has 1 amide bonds. The van der Waals surface area contributed by atoms with Gasteiger partial charge in [0, 0.05) is 19.2 Å². The Labute approximate surface area is 153 Å². The molecule has 26 heavy (non-hydrogen) atoms. The van der Waals surface area contributed by atoms with Gasteiger partial charge in [-0.2, -0.15) is 8.42 Å². The summed E-state index contributed by atoms with van der Waals surface area (Å²) in [6.07, 6.45) is 1.44. The van der Waals surface area contributed by atoms with Crippen LogP contribution in [0.3, 0.4) is 0 Å². The van der Waals surface area contributed by atoms with Gasteiger partial charge in [0.15, 0.2) is 11.5 Å². The topological polar surface area (TPSA) is 97.3 Å². The van der Waals surface area contributed by atoms with Gasteiger partial charge in [-0.1, -0.05) is 13.8 Å². The molecule has 9 heteroatoms. The van der Waals surface area contributed by atoms with Crippen LogP contribution in [0.15, 0.2) is 34.4 Å². The maximum atomic E-state index is 12.4. The van der Waals surface area contributed by atoms with Gasteiger partial charge in [0.05, 0.1) is 19.9 Å². The van der Waals surface area contributed by atoms with Crippen LogP contribution in [0.25, 0.3) is 0 Å². The van der Waals surface area contributed by atoms with Gasteiger partial charge in [-0.25, -0.2) is 4.31 Å². The number of hydrogen-bond donors (Lipinski definition) is 1. The van der Waals surface area contributed by atoms with Gasteiger partial charge in [-0.15, -0.1) is 4.40 Å². The molecule has 0 bridgehead atoms. The van der Waals surface area contributed by atoms with E-state index in [4.69, 9.17) is 9.47 Å². The SMILES string of the molecule is COc1ccc(C2=NS(=O)(=O)N(C)C(C(=O)NCC(C)C)=C2)cc1OC. The molecule has 1 N–H and O–H groups in total. The Hall–Kier alpha value is -2.55. The van der Waals surface area contributed by atoms with E-state index in [1.165, 1.54) is 27.3 Å². The highest BCUT2D eigenvalue weighted by molar-refractivity contribution is 7.88. The average Bonchev–Trinajstić information content (AvgIpc) is 2.60. The van der Waals surface area contributed by atoms with Gasteiger partial charge in [0.2, 0.25) is 0 Å². The van der Waals surface area contributed by atoms with E-state index in [0.29, 0.717) is 23.6 Å². The molecule has 0 spiro atoms. The van der Waals surface area contributed by atoms with E-state index >= 15 is 0 Å². The molecule has 1 aromatic rings. The normalized spacial score (nSPS) is 16.0. The minimum absolute atomic E-state index is 0.00503. The van der Waals surface area contributed by atoms with Gasteiger partial charge in [-0.05, 0) is 30.2 Å². The Bertz CT molecular complexity index is 859. The predicted octanol–water partition coefficient (Wildman–Crippen LogP) is 1.34. The van der Waals surface area contributed by atoms with Crippen molar-refractivity contribution in [3.63, 3.8) is 0 Å². The van der Waals surface area contributed by atoms with E-state index < -0.39 is 16.1 Å². The van der Waals surface area contributed by atoms with E-state index in [1.807, 2.05) is 13.8 Å². The summed E-state index contributed by atoms with van der Waals surface area (Å²) in [6.45, 7) is 4.34. The van der Waals surface area contributed by atoms with Gasteiger partial charge in [-0.3, -0.25) is 4.79 Å². The Morgan fingerprint density at radius 2 is 1.88 bits per heavy atom. The second kappa shape index (κ2) is 7.77. The van der Waals surface area contributed by atoms with Crippen LogP contribution in [0.1, 0.15) is 19.4 Å². The molecule has 0 radical (unpaired) electrons. The first-order chi connectivity index (χ1) is 12.2. The fourth-order valence-corrected chi connectivity index (χ4v) is 3.20. The number of benzene rings is 1. The van der Waals surface area contributed by atoms with Crippen molar-refractivity contribution in [3.05, 3.63) is 35.5 Å².